The summed E-state index contributed by atoms with van der Waals surface area (Å²) in [5, 5.41) is 13.0. The molecule has 12 nitrogen and oxygen atoms in total. The standard InChI is InChI=1S/C21H26BrFN3O9P/c1-12(2)33-18(29)13(3)25-36(31,35-14-7-5-4-6-8-14)32-11-15-17(28)21(22,23)19(34-15)26-10-9-16(27)24-20(26)30/h4-10,12-13,15,17,19,28H,11H2,1-3H3,(H,25,31)(H,24,27,30)/t13-,15+,17?,19+,21?,36-/m0/s1. The minimum Gasteiger partial charge on any atom is -0.462 e. The van der Waals surface area contributed by atoms with Crippen LogP contribution in [0.4, 0.5) is 4.39 Å². The highest BCUT2D eigenvalue weighted by molar-refractivity contribution is 9.10. The molecular weight excluding hydrogens is 568 g/mol. The number of esters is 1. The number of aliphatic hydroxyl groups is 1. The predicted molar refractivity (Wildman–Crippen MR) is 128 cm³/mol. The van der Waals surface area contributed by atoms with E-state index in [1.165, 1.54) is 19.1 Å². The first-order valence-corrected chi connectivity index (χ1v) is 13.2. The molecule has 0 aliphatic carbocycles. The van der Waals surface area contributed by atoms with Crippen molar-refractivity contribution < 1.29 is 37.4 Å². The van der Waals surface area contributed by atoms with E-state index in [0.717, 1.165) is 16.8 Å². The Bertz CT molecular complexity index is 1220. The van der Waals surface area contributed by atoms with Gasteiger partial charge in [-0.2, -0.15) is 5.09 Å². The second-order valence-electron chi connectivity index (χ2n) is 8.20. The van der Waals surface area contributed by atoms with E-state index in [1.807, 2.05) is 4.98 Å². The summed E-state index contributed by atoms with van der Waals surface area (Å²) >= 11 is 2.73. The molecule has 1 saturated heterocycles. The summed E-state index contributed by atoms with van der Waals surface area (Å²) in [5.41, 5.74) is -1.68. The van der Waals surface area contributed by atoms with E-state index in [9.17, 15) is 24.1 Å². The number of benzene rings is 1. The van der Waals surface area contributed by atoms with Gasteiger partial charge in [-0.1, -0.05) is 18.2 Å². The summed E-state index contributed by atoms with van der Waals surface area (Å²) in [6, 6.07) is 7.79. The number of para-hydroxylation sites is 1. The Balaban J connectivity index is 1.80. The van der Waals surface area contributed by atoms with Crippen molar-refractivity contribution in [2.24, 2.45) is 0 Å². The van der Waals surface area contributed by atoms with Gasteiger partial charge >= 0.3 is 19.4 Å². The molecule has 3 rings (SSSR count). The molecule has 0 spiro atoms. The monoisotopic (exact) mass is 593 g/mol. The number of halogens is 2. The molecule has 0 bridgehead atoms. The Hall–Kier alpha value is -2.35. The summed E-state index contributed by atoms with van der Waals surface area (Å²) in [4.78, 5) is 37.7. The van der Waals surface area contributed by atoms with Gasteiger partial charge in [0.25, 0.3) is 5.56 Å². The molecule has 36 heavy (non-hydrogen) atoms. The average Bonchev–Trinajstić information content (AvgIpc) is 3.01. The molecule has 1 fully saturated rings. The topological polar surface area (TPSA) is 158 Å². The summed E-state index contributed by atoms with van der Waals surface area (Å²) in [6.07, 6.45) is -4.46. The number of aromatic amines is 1. The van der Waals surface area contributed by atoms with Gasteiger partial charge in [-0.05, 0) is 48.8 Å². The number of aliphatic hydroxyl groups excluding tert-OH is 1. The quantitative estimate of drug-likeness (QED) is 0.211. The highest BCUT2D eigenvalue weighted by atomic mass is 79.9. The zero-order valence-electron chi connectivity index (χ0n) is 19.5. The Morgan fingerprint density at radius 3 is 2.58 bits per heavy atom. The molecule has 198 valence electrons. The van der Waals surface area contributed by atoms with Gasteiger partial charge in [-0.25, -0.2) is 13.8 Å². The first-order chi connectivity index (χ1) is 16.8. The van der Waals surface area contributed by atoms with Crippen molar-refractivity contribution in [2.75, 3.05) is 6.61 Å². The third kappa shape index (κ3) is 6.69. The number of carbonyl (C=O) groups is 1. The molecule has 2 unspecified atom stereocenters. The van der Waals surface area contributed by atoms with E-state index in [1.54, 1.807) is 32.0 Å². The van der Waals surface area contributed by atoms with Crippen LogP contribution >= 0.6 is 23.7 Å². The highest BCUT2D eigenvalue weighted by Gasteiger charge is 2.57. The summed E-state index contributed by atoms with van der Waals surface area (Å²) < 4.78 is 48.5. The second kappa shape index (κ2) is 11.4. The van der Waals surface area contributed by atoms with E-state index < -0.39 is 66.7 Å². The maximum Gasteiger partial charge on any atom is 0.459 e. The number of hydrogen-bond donors (Lipinski definition) is 3. The maximum atomic E-state index is 15.3. The molecule has 1 aromatic heterocycles. The summed E-state index contributed by atoms with van der Waals surface area (Å²) in [6.45, 7) is 4.01. The number of aromatic nitrogens is 2. The minimum absolute atomic E-state index is 0.142. The third-order valence-corrected chi connectivity index (χ3v) is 7.42. The minimum atomic E-state index is -4.32. The molecular formula is C21H26BrFN3O9P. The van der Waals surface area contributed by atoms with Crippen LogP contribution in [0, 0.1) is 0 Å². The average molecular weight is 594 g/mol. The number of rotatable bonds is 10. The van der Waals surface area contributed by atoms with Crippen molar-refractivity contribution in [2.45, 2.75) is 55.9 Å². The molecule has 1 aliphatic heterocycles. The molecule has 0 amide bonds. The van der Waals surface area contributed by atoms with Gasteiger partial charge in [0.2, 0.25) is 4.58 Å². The normalized spacial score (nSPS) is 26.4. The predicted octanol–water partition coefficient (Wildman–Crippen LogP) is 1.99. The Morgan fingerprint density at radius 1 is 1.31 bits per heavy atom. The van der Waals surface area contributed by atoms with E-state index in [4.69, 9.17) is 18.5 Å². The lowest BCUT2D eigenvalue weighted by Gasteiger charge is -2.25. The molecule has 6 atom stereocenters. The van der Waals surface area contributed by atoms with Crippen LogP contribution in [0.2, 0.25) is 0 Å². The zero-order valence-corrected chi connectivity index (χ0v) is 22.0. The van der Waals surface area contributed by atoms with Crippen LogP contribution in [0.3, 0.4) is 0 Å². The van der Waals surface area contributed by atoms with Crippen molar-refractivity contribution in [3.63, 3.8) is 0 Å². The van der Waals surface area contributed by atoms with Crippen molar-refractivity contribution in [3.8, 4) is 5.75 Å². The molecule has 15 heteroatoms. The van der Waals surface area contributed by atoms with Crippen LogP contribution in [0.25, 0.3) is 0 Å². The fourth-order valence-electron chi connectivity index (χ4n) is 3.22. The molecule has 2 heterocycles. The van der Waals surface area contributed by atoms with Crippen LogP contribution in [-0.2, 0) is 23.4 Å². The maximum absolute atomic E-state index is 15.3. The summed E-state index contributed by atoms with van der Waals surface area (Å²) in [7, 11) is -4.32. The van der Waals surface area contributed by atoms with Crippen LogP contribution in [0.1, 0.15) is 27.0 Å². The number of hydrogen-bond acceptors (Lipinski definition) is 9. The Morgan fingerprint density at radius 2 is 1.97 bits per heavy atom. The number of alkyl halides is 2. The number of nitrogens with zero attached hydrogens (tertiary/aromatic N) is 1. The molecule has 2 aromatic rings. The van der Waals surface area contributed by atoms with Crippen LogP contribution in [-0.4, -0.2) is 56.2 Å². The van der Waals surface area contributed by atoms with Gasteiger partial charge in [0.05, 0.1) is 12.7 Å². The fraction of sp³-hybridized carbons (Fsp3) is 0.476. The smallest absolute Gasteiger partial charge is 0.459 e. The van der Waals surface area contributed by atoms with E-state index in [2.05, 4.69) is 21.0 Å². The molecule has 0 radical (unpaired) electrons. The summed E-state index contributed by atoms with van der Waals surface area (Å²) in [5.74, 6) is -0.577. The highest BCUT2D eigenvalue weighted by Crippen LogP contribution is 2.49. The van der Waals surface area contributed by atoms with E-state index in [-0.39, 0.29) is 5.75 Å². The number of ether oxygens (including phenoxy) is 2. The Labute approximate surface area is 213 Å². The lowest BCUT2D eigenvalue weighted by Crippen LogP contribution is -2.41. The first-order valence-electron chi connectivity index (χ1n) is 10.8. The lowest BCUT2D eigenvalue weighted by molar-refractivity contribution is -0.149. The SMILES string of the molecule is CC(C)OC(=O)[C@H](C)N[P@](=O)(OC[C@H]1O[C@@H](n2ccc(=O)[nH]c2=O)C(F)(Br)C1O)Oc1ccccc1. The van der Waals surface area contributed by atoms with E-state index in [0.29, 0.717) is 0 Å². The van der Waals surface area contributed by atoms with Gasteiger partial charge in [-0.3, -0.25) is 23.7 Å². The van der Waals surface area contributed by atoms with Gasteiger partial charge in [0.1, 0.15) is 24.0 Å². The van der Waals surface area contributed by atoms with E-state index >= 15 is 4.39 Å². The van der Waals surface area contributed by atoms with Crippen LogP contribution < -0.4 is 20.9 Å². The van der Waals surface area contributed by atoms with Gasteiger partial charge in [-0.15, -0.1) is 0 Å². The third-order valence-electron chi connectivity index (χ3n) is 4.92. The lowest BCUT2D eigenvalue weighted by atomic mass is 10.1. The Kier molecular flexibility index (Phi) is 8.91. The zero-order chi connectivity index (χ0) is 26.7. The second-order valence-corrected chi connectivity index (χ2v) is 11.1. The van der Waals surface area contributed by atoms with Gasteiger partial charge < -0.3 is 19.1 Å². The first kappa shape index (κ1) is 28.2. The number of H-pyrrole nitrogens is 1. The van der Waals surface area contributed by atoms with Crippen molar-refractivity contribution in [1.82, 2.24) is 14.6 Å². The molecule has 0 saturated carbocycles. The van der Waals surface area contributed by atoms with Crippen molar-refractivity contribution >= 4 is 29.6 Å². The molecule has 1 aliphatic rings. The number of carbonyl (C=O) groups excluding carboxylic acids is 1. The largest absolute Gasteiger partial charge is 0.462 e. The number of nitrogens with one attached hydrogen (secondary N) is 2. The van der Waals surface area contributed by atoms with Crippen molar-refractivity contribution in [1.29, 1.82) is 0 Å². The van der Waals surface area contributed by atoms with Crippen LogP contribution in [0.5, 0.6) is 5.75 Å². The van der Waals surface area contributed by atoms with Crippen LogP contribution in [0.15, 0.2) is 52.2 Å². The van der Waals surface area contributed by atoms with Crippen molar-refractivity contribution in [3.05, 3.63) is 63.4 Å². The molecule has 1 aromatic carbocycles. The molecule has 3 N–H and O–H groups in total. The van der Waals surface area contributed by atoms with Gasteiger partial charge in [0, 0.05) is 12.3 Å². The fourth-order valence-corrected chi connectivity index (χ4v) is 5.35. The van der Waals surface area contributed by atoms with Gasteiger partial charge in [0.15, 0.2) is 6.23 Å².